The quantitative estimate of drug-likeness (QED) is 0.750. The van der Waals surface area contributed by atoms with Crippen LogP contribution in [-0.2, 0) is 6.54 Å². The fourth-order valence-corrected chi connectivity index (χ4v) is 2.01. The molecule has 19 heavy (non-hydrogen) atoms. The third-order valence-corrected chi connectivity index (χ3v) is 2.99. The molecule has 0 fully saturated rings. The van der Waals surface area contributed by atoms with E-state index >= 15 is 0 Å². The highest BCUT2D eigenvalue weighted by molar-refractivity contribution is 6.34. The van der Waals surface area contributed by atoms with Crippen LogP contribution in [0.5, 0.6) is 0 Å². The number of nitrogens with two attached hydrogens (primary N) is 2. The van der Waals surface area contributed by atoms with Crippen LogP contribution in [0.1, 0.15) is 15.9 Å². The number of anilines is 2. The lowest BCUT2D eigenvalue weighted by atomic mass is 10.1. The number of primary amides is 1. The lowest BCUT2D eigenvalue weighted by molar-refractivity contribution is 0.100. The second kappa shape index (κ2) is 5.63. The van der Waals surface area contributed by atoms with Crippen LogP contribution in [0.25, 0.3) is 0 Å². The van der Waals surface area contributed by atoms with Gasteiger partial charge in [-0.2, -0.15) is 0 Å². The van der Waals surface area contributed by atoms with Gasteiger partial charge in [0.2, 0.25) is 5.91 Å². The summed E-state index contributed by atoms with van der Waals surface area (Å²) in [5.74, 6) is -0.535. The highest BCUT2D eigenvalue weighted by Gasteiger charge is 2.06. The maximum absolute atomic E-state index is 11.1. The summed E-state index contributed by atoms with van der Waals surface area (Å²) >= 11 is 5.97. The molecule has 0 atom stereocenters. The van der Waals surface area contributed by atoms with Crippen molar-refractivity contribution in [2.45, 2.75) is 6.54 Å². The summed E-state index contributed by atoms with van der Waals surface area (Å²) in [7, 11) is 0. The van der Waals surface area contributed by atoms with Crippen LogP contribution in [0.15, 0.2) is 42.5 Å². The lowest BCUT2D eigenvalue weighted by Crippen LogP contribution is -2.11. The summed E-state index contributed by atoms with van der Waals surface area (Å²) in [4.78, 5) is 11.1. The van der Waals surface area contributed by atoms with Crippen molar-refractivity contribution in [3.05, 3.63) is 58.6 Å². The van der Waals surface area contributed by atoms with E-state index in [1.807, 2.05) is 24.3 Å². The Bertz CT molecular complexity index is 613. The number of carbonyl (C=O) groups excluding carboxylic acids is 1. The van der Waals surface area contributed by atoms with Crippen LogP contribution < -0.4 is 16.8 Å². The number of amides is 1. The van der Waals surface area contributed by atoms with Gasteiger partial charge in [-0.25, -0.2) is 0 Å². The third kappa shape index (κ3) is 3.39. The van der Waals surface area contributed by atoms with Crippen molar-refractivity contribution in [1.82, 2.24) is 0 Å². The molecule has 0 spiro atoms. The molecule has 0 radical (unpaired) electrons. The van der Waals surface area contributed by atoms with Gasteiger partial charge in [0.05, 0.1) is 10.6 Å². The van der Waals surface area contributed by atoms with E-state index in [2.05, 4.69) is 5.32 Å². The molecule has 0 aliphatic heterocycles. The van der Waals surface area contributed by atoms with E-state index in [0.29, 0.717) is 17.1 Å². The van der Waals surface area contributed by atoms with Crippen LogP contribution in [0, 0.1) is 0 Å². The van der Waals surface area contributed by atoms with Crippen LogP contribution in [-0.4, -0.2) is 5.91 Å². The van der Waals surface area contributed by atoms with Gasteiger partial charge in [-0.1, -0.05) is 23.7 Å². The predicted octanol–water partition coefficient (Wildman–Crippen LogP) is 2.63. The number of benzene rings is 2. The molecular weight excluding hydrogens is 262 g/mol. The standard InChI is InChI=1S/C14H14ClN3O/c15-13-7-11(4-5-12(13)14(17)19)18-8-9-2-1-3-10(16)6-9/h1-7,18H,8,16H2,(H2,17,19). The Kier molecular flexibility index (Phi) is 3.92. The Hall–Kier alpha value is -2.20. The molecule has 5 N–H and O–H groups in total. The molecule has 5 heteroatoms. The highest BCUT2D eigenvalue weighted by atomic mass is 35.5. The van der Waals surface area contributed by atoms with E-state index in [-0.39, 0.29) is 0 Å². The Balaban J connectivity index is 2.08. The smallest absolute Gasteiger partial charge is 0.250 e. The fraction of sp³-hybridized carbons (Fsp3) is 0.0714. The van der Waals surface area contributed by atoms with Crippen molar-refractivity contribution in [2.75, 3.05) is 11.1 Å². The number of nitrogens with one attached hydrogen (secondary N) is 1. The summed E-state index contributed by atoms with van der Waals surface area (Å²) in [5.41, 5.74) is 13.8. The van der Waals surface area contributed by atoms with E-state index in [1.54, 1.807) is 18.2 Å². The summed E-state index contributed by atoms with van der Waals surface area (Å²) in [6.45, 7) is 0.622. The normalized spacial score (nSPS) is 10.2. The summed E-state index contributed by atoms with van der Waals surface area (Å²) in [6, 6.07) is 12.6. The highest BCUT2D eigenvalue weighted by Crippen LogP contribution is 2.21. The molecule has 4 nitrogen and oxygen atoms in total. The van der Waals surface area contributed by atoms with Gasteiger partial charge < -0.3 is 16.8 Å². The van der Waals surface area contributed by atoms with Crippen LogP contribution in [0.2, 0.25) is 5.02 Å². The Labute approximate surface area is 116 Å². The molecule has 2 aromatic carbocycles. The first-order valence-electron chi connectivity index (χ1n) is 5.74. The summed E-state index contributed by atoms with van der Waals surface area (Å²) in [6.07, 6.45) is 0. The number of hydrogen-bond donors (Lipinski definition) is 3. The van der Waals surface area contributed by atoms with Gasteiger partial charge in [-0.05, 0) is 35.9 Å². The minimum Gasteiger partial charge on any atom is -0.399 e. The molecular formula is C14H14ClN3O. The number of hydrogen-bond acceptors (Lipinski definition) is 3. The van der Waals surface area contributed by atoms with Crippen LogP contribution in [0.3, 0.4) is 0 Å². The molecule has 0 bridgehead atoms. The number of halogens is 1. The van der Waals surface area contributed by atoms with Gasteiger partial charge in [-0.3, -0.25) is 4.79 Å². The molecule has 98 valence electrons. The molecule has 1 amide bonds. The molecule has 0 aromatic heterocycles. The molecule has 2 rings (SSSR count). The number of carbonyl (C=O) groups is 1. The van der Waals surface area contributed by atoms with Gasteiger partial charge >= 0.3 is 0 Å². The SMILES string of the molecule is NC(=O)c1ccc(NCc2cccc(N)c2)cc1Cl. The van der Waals surface area contributed by atoms with Gasteiger partial charge in [0.15, 0.2) is 0 Å². The van der Waals surface area contributed by atoms with E-state index in [1.165, 1.54) is 0 Å². The van der Waals surface area contributed by atoms with E-state index in [4.69, 9.17) is 23.1 Å². The van der Waals surface area contributed by atoms with E-state index < -0.39 is 5.91 Å². The van der Waals surface area contributed by atoms with Crippen LogP contribution in [0.4, 0.5) is 11.4 Å². The molecule has 0 aliphatic rings. The molecule has 0 saturated carbocycles. The molecule has 2 aromatic rings. The second-order valence-corrected chi connectivity index (χ2v) is 4.56. The van der Waals surface area contributed by atoms with Crippen molar-refractivity contribution in [3.8, 4) is 0 Å². The van der Waals surface area contributed by atoms with Crippen LogP contribution >= 0.6 is 11.6 Å². The third-order valence-electron chi connectivity index (χ3n) is 2.68. The number of nitrogen functional groups attached to an aromatic ring is 1. The maximum atomic E-state index is 11.1. The Morgan fingerprint density at radius 3 is 2.63 bits per heavy atom. The first kappa shape index (κ1) is 13.2. The van der Waals surface area contributed by atoms with Gasteiger partial charge in [0.25, 0.3) is 0 Å². The van der Waals surface area contributed by atoms with Gasteiger partial charge in [0, 0.05) is 17.9 Å². The second-order valence-electron chi connectivity index (χ2n) is 4.16. The average molecular weight is 276 g/mol. The van der Waals surface area contributed by atoms with Crippen molar-refractivity contribution < 1.29 is 4.79 Å². The summed E-state index contributed by atoms with van der Waals surface area (Å²) in [5, 5.41) is 3.54. The van der Waals surface area contributed by atoms with E-state index in [9.17, 15) is 4.79 Å². The Morgan fingerprint density at radius 2 is 2.00 bits per heavy atom. The monoisotopic (exact) mass is 275 g/mol. The zero-order chi connectivity index (χ0) is 13.8. The fourth-order valence-electron chi connectivity index (χ4n) is 1.73. The van der Waals surface area contributed by atoms with E-state index in [0.717, 1.165) is 16.9 Å². The van der Waals surface area contributed by atoms with Crippen molar-refractivity contribution >= 4 is 28.9 Å². The minimum absolute atomic E-state index is 0.316. The van der Waals surface area contributed by atoms with Gasteiger partial charge in [-0.15, -0.1) is 0 Å². The first-order chi connectivity index (χ1) is 9.06. The van der Waals surface area contributed by atoms with Crippen molar-refractivity contribution in [3.63, 3.8) is 0 Å². The Morgan fingerprint density at radius 1 is 1.21 bits per heavy atom. The molecule has 0 aliphatic carbocycles. The topological polar surface area (TPSA) is 81.1 Å². The molecule has 0 heterocycles. The minimum atomic E-state index is -0.535. The summed E-state index contributed by atoms with van der Waals surface area (Å²) < 4.78 is 0. The maximum Gasteiger partial charge on any atom is 0.250 e. The average Bonchev–Trinajstić information content (AvgIpc) is 2.36. The molecule has 0 unspecified atom stereocenters. The predicted molar refractivity (Wildman–Crippen MR) is 78.2 cm³/mol. The van der Waals surface area contributed by atoms with Gasteiger partial charge in [0.1, 0.15) is 0 Å². The first-order valence-corrected chi connectivity index (χ1v) is 6.11. The largest absolute Gasteiger partial charge is 0.399 e. The lowest BCUT2D eigenvalue weighted by Gasteiger charge is -2.09. The van der Waals surface area contributed by atoms with Crippen molar-refractivity contribution in [2.24, 2.45) is 5.73 Å². The zero-order valence-electron chi connectivity index (χ0n) is 10.2. The molecule has 0 saturated heterocycles. The zero-order valence-corrected chi connectivity index (χ0v) is 10.9. The van der Waals surface area contributed by atoms with Crippen molar-refractivity contribution in [1.29, 1.82) is 0 Å². The number of rotatable bonds is 4.